The average molecular weight is 397 g/mol. The second kappa shape index (κ2) is 8.26. The molecule has 6 nitrogen and oxygen atoms in total. The molecule has 1 saturated heterocycles. The van der Waals surface area contributed by atoms with E-state index < -0.39 is 6.10 Å². The molecular weight excluding hydrogens is 372 g/mol. The zero-order valence-electron chi connectivity index (χ0n) is 15.9. The van der Waals surface area contributed by atoms with Gasteiger partial charge in [0.2, 0.25) is 0 Å². The van der Waals surface area contributed by atoms with E-state index in [1.165, 1.54) is 0 Å². The number of carbonyl (C=O) groups is 1. The van der Waals surface area contributed by atoms with Crippen molar-refractivity contribution in [3.8, 4) is 5.69 Å². The summed E-state index contributed by atoms with van der Waals surface area (Å²) < 4.78 is 1.81. The number of carbonyl (C=O) groups excluding carboxylic acids is 1. The van der Waals surface area contributed by atoms with Crippen LogP contribution in [-0.4, -0.2) is 63.3 Å². The number of hydrogen-bond donors (Lipinski definition) is 1. The number of rotatable bonds is 5. The van der Waals surface area contributed by atoms with Crippen molar-refractivity contribution in [3.05, 3.63) is 70.2 Å². The number of piperazine rings is 1. The maximum absolute atomic E-state index is 13.0. The number of benzene rings is 1. The summed E-state index contributed by atoms with van der Waals surface area (Å²) in [5, 5.41) is 16.7. The molecule has 28 heavy (non-hydrogen) atoms. The first-order valence-electron chi connectivity index (χ1n) is 9.46. The highest BCUT2D eigenvalue weighted by Gasteiger charge is 2.26. The van der Waals surface area contributed by atoms with E-state index in [1.54, 1.807) is 22.2 Å². The molecule has 2 aromatic heterocycles. The van der Waals surface area contributed by atoms with Crippen LogP contribution in [0.2, 0.25) is 0 Å². The molecule has 0 spiro atoms. The first kappa shape index (κ1) is 18.9. The Hall–Kier alpha value is -2.48. The number of thiophene rings is 1. The summed E-state index contributed by atoms with van der Waals surface area (Å²) in [5.41, 5.74) is 2.45. The Bertz CT molecular complexity index is 915. The molecule has 1 aliphatic heterocycles. The number of amides is 1. The van der Waals surface area contributed by atoms with Crippen LogP contribution in [0.5, 0.6) is 0 Å². The van der Waals surface area contributed by atoms with Crippen molar-refractivity contribution in [1.82, 2.24) is 19.6 Å². The standard InChI is InChI=1S/C21H24N4O2S/c1-16-18(14-22-25(16)17-6-3-2-4-7-17)21(27)24-11-9-23(10-12-24)15-19(26)20-8-5-13-28-20/h2-8,13-14,19,26H,9-12,15H2,1H3. The normalized spacial score (nSPS) is 16.3. The van der Waals surface area contributed by atoms with Crippen LogP contribution in [0.3, 0.4) is 0 Å². The van der Waals surface area contributed by atoms with Gasteiger partial charge in [-0.3, -0.25) is 9.69 Å². The topological polar surface area (TPSA) is 61.6 Å². The Morgan fingerprint density at radius 1 is 1.14 bits per heavy atom. The van der Waals surface area contributed by atoms with Crippen LogP contribution in [-0.2, 0) is 0 Å². The van der Waals surface area contributed by atoms with E-state index in [9.17, 15) is 9.90 Å². The highest BCUT2D eigenvalue weighted by Crippen LogP contribution is 2.21. The zero-order valence-corrected chi connectivity index (χ0v) is 16.7. The minimum atomic E-state index is -0.464. The van der Waals surface area contributed by atoms with Crippen molar-refractivity contribution in [1.29, 1.82) is 0 Å². The van der Waals surface area contributed by atoms with Gasteiger partial charge < -0.3 is 10.0 Å². The Balaban J connectivity index is 1.37. The van der Waals surface area contributed by atoms with E-state index in [0.717, 1.165) is 29.3 Å². The van der Waals surface area contributed by atoms with Gasteiger partial charge in [-0.15, -0.1) is 11.3 Å². The molecule has 4 rings (SSSR count). The Kier molecular flexibility index (Phi) is 5.57. The second-order valence-electron chi connectivity index (χ2n) is 7.02. The highest BCUT2D eigenvalue weighted by atomic mass is 32.1. The second-order valence-corrected chi connectivity index (χ2v) is 7.99. The Morgan fingerprint density at radius 3 is 2.57 bits per heavy atom. The number of aliphatic hydroxyl groups is 1. The van der Waals surface area contributed by atoms with Crippen LogP contribution in [0.1, 0.15) is 27.0 Å². The molecule has 146 valence electrons. The lowest BCUT2D eigenvalue weighted by molar-refractivity contribution is 0.0532. The van der Waals surface area contributed by atoms with E-state index in [0.29, 0.717) is 25.2 Å². The fraction of sp³-hybridized carbons (Fsp3) is 0.333. The van der Waals surface area contributed by atoms with Gasteiger partial charge in [0.25, 0.3) is 5.91 Å². The molecule has 0 bridgehead atoms. The van der Waals surface area contributed by atoms with Gasteiger partial charge in [-0.05, 0) is 30.5 Å². The van der Waals surface area contributed by atoms with E-state index >= 15 is 0 Å². The minimum Gasteiger partial charge on any atom is -0.386 e. The molecule has 1 aliphatic rings. The number of para-hydroxylation sites is 1. The van der Waals surface area contributed by atoms with E-state index in [1.807, 2.05) is 59.7 Å². The lowest BCUT2D eigenvalue weighted by Crippen LogP contribution is -2.49. The molecule has 0 saturated carbocycles. The van der Waals surface area contributed by atoms with Crippen molar-refractivity contribution in [2.45, 2.75) is 13.0 Å². The van der Waals surface area contributed by atoms with Gasteiger partial charge >= 0.3 is 0 Å². The number of aliphatic hydroxyl groups excluding tert-OH is 1. The van der Waals surface area contributed by atoms with Crippen LogP contribution in [0.25, 0.3) is 5.69 Å². The van der Waals surface area contributed by atoms with Crippen LogP contribution in [0.4, 0.5) is 0 Å². The van der Waals surface area contributed by atoms with Gasteiger partial charge in [0.15, 0.2) is 0 Å². The highest BCUT2D eigenvalue weighted by molar-refractivity contribution is 7.10. The molecule has 1 amide bonds. The fourth-order valence-corrected chi connectivity index (χ4v) is 4.27. The molecule has 1 atom stereocenters. The summed E-state index contributed by atoms with van der Waals surface area (Å²) in [6.07, 6.45) is 1.20. The number of β-amino-alcohol motifs (C(OH)–C–C–N with tert-alkyl or cyclic N) is 1. The van der Waals surface area contributed by atoms with Gasteiger partial charge in [0.1, 0.15) is 6.10 Å². The summed E-state index contributed by atoms with van der Waals surface area (Å²) in [5.74, 6) is 0.0261. The van der Waals surface area contributed by atoms with Crippen LogP contribution >= 0.6 is 11.3 Å². The predicted molar refractivity (Wildman–Crippen MR) is 110 cm³/mol. The van der Waals surface area contributed by atoms with Crippen molar-refractivity contribution >= 4 is 17.2 Å². The molecule has 1 aromatic carbocycles. The Labute approximate surface area is 168 Å². The summed E-state index contributed by atoms with van der Waals surface area (Å²) >= 11 is 1.57. The predicted octanol–water partition coefficient (Wildman–Crippen LogP) is 2.73. The fourth-order valence-electron chi connectivity index (χ4n) is 3.57. The van der Waals surface area contributed by atoms with Crippen LogP contribution in [0.15, 0.2) is 54.0 Å². The van der Waals surface area contributed by atoms with Crippen molar-refractivity contribution in [2.75, 3.05) is 32.7 Å². The third-order valence-electron chi connectivity index (χ3n) is 5.20. The maximum atomic E-state index is 13.0. The molecule has 0 aliphatic carbocycles. The summed E-state index contributed by atoms with van der Waals surface area (Å²) in [4.78, 5) is 18.1. The first-order valence-corrected chi connectivity index (χ1v) is 10.3. The van der Waals surface area contributed by atoms with E-state index in [2.05, 4.69) is 10.00 Å². The Morgan fingerprint density at radius 2 is 1.89 bits per heavy atom. The van der Waals surface area contributed by atoms with Crippen LogP contribution < -0.4 is 0 Å². The molecular formula is C21H24N4O2S. The van der Waals surface area contributed by atoms with Gasteiger partial charge in [-0.2, -0.15) is 5.10 Å². The molecule has 3 aromatic rings. The summed E-state index contributed by atoms with van der Waals surface area (Å²) in [6, 6.07) is 13.8. The quantitative estimate of drug-likeness (QED) is 0.720. The molecule has 7 heteroatoms. The third kappa shape index (κ3) is 3.87. The number of hydrogen-bond acceptors (Lipinski definition) is 5. The molecule has 1 unspecified atom stereocenters. The zero-order chi connectivity index (χ0) is 19.5. The minimum absolute atomic E-state index is 0.0261. The summed E-state index contributed by atoms with van der Waals surface area (Å²) in [6.45, 7) is 5.38. The first-order chi connectivity index (χ1) is 13.6. The van der Waals surface area contributed by atoms with Crippen molar-refractivity contribution in [2.24, 2.45) is 0 Å². The molecule has 1 fully saturated rings. The maximum Gasteiger partial charge on any atom is 0.257 e. The smallest absolute Gasteiger partial charge is 0.257 e. The lowest BCUT2D eigenvalue weighted by Gasteiger charge is -2.35. The van der Waals surface area contributed by atoms with E-state index in [-0.39, 0.29) is 5.91 Å². The SMILES string of the molecule is Cc1c(C(=O)N2CCN(CC(O)c3cccs3)CC2)cnn1-c1ccccc1. The van der Waals surface area contributed by atoms with Gasteiger partial charge in [0, 0.05) is 37.6 Å². The number of nitrogens with zero attached hydrogens (tertiary/aromatic N) is 4. The molecule has 0 radical (unpaired) electrons. The number of aromatic nitrogens is 2. The van der Waals surface area contributed by atoms with Crippen molar-refractivity contribution < 1.29 is 9.90 Å². The molecule has 3 heterocycles. The van der Waals surface area contributed by atoms with Gasteiger partial charge in [-0.1, -0.05) is 24.3 Å². The average Bonchev–Trinajstić information content (AvgIpc) is 3.39. The van der Waals surface area contributed by atoms with Gasteiger partial charge in [-0.25, -0.2) is 4.68 Å². The third-order valence-corrected chi connectivity index (χ3v) is 6.18. The van der Waals surface area contributed by atoms with Gasteiger partial charge in [0.05, 0.1) is 23.1 Å². The largest absolute Gasteiger partial charge is 0.386 e. The monoisotopic (exact) mass is 396 g/mol. The lowest BCUT2D eigenvalue weighted by atomic mass is 10.2. The molecule has 1 N–H and O–H groups in total. The summed E-state index contributed by atoms with van der Waals surface area (Å²) in [7, 11) is 0. The van der Waals surface area contributed by atoms with Crippen molar-refractivity contribution in [3.63, 3.8) is 0 Å². The van der Waals surface area contributed by atoms with Crippen LogP contribution in [0, 0.1) is 6.92 Å². The van der Waals surface area contributed by atoms with E-state index in [4.69, 9.17) is 0 Å².